The van der Waals surface area contributed by atoms with Gasteiger partial charge in [0.2, 0.25) is 18.2 Å². The number of piperidine rings is 2. The van der Waals surface area contributed by atoms with Crippen LogP contribution in [-0.2, 0) is 20.9 Å². The molecule has 348 valence electrons. The van der Waals surface area contributed by atoms with Crippen LogP contribution >= 0.6 is 0 Å². The first kappa shape index (κ1) is 46.3. The molecule has 1 unspecified atom stereocenters. The fraction of sp³-hybridized carbons (Fsp3) is 0.388. The molecule has 1 atom stereocenters. The molecule has 3 N–H and O–H groups in total. The van der Waals surface area contributed by atoms with Gasteiger partial charge >= 0.3 is 0 Å². The number of benzene rings is 2. The lowest BCUT2D eigenvalue weighted by Gasteiger charge is -2.41. The van der Waals surface area contributed by atoms with E-state index in [-0.39, 0.29) is 43.0 Å². The minimum absolute atomic E-state index is 0.0613. The number of imide groups is 1. The Bertz CT molecular complexity index is 2720. The zero-order chi connectivity index (χ0) is 47.2. The molecule has 5 amide bonds. The number of hydrogen-bond acceptors (Lipinski definition) is 11. The SMILES string of the molecule is CCOc1cc(-c2ccc(N3CCC(NC(=O)c4cc(F)ccc4F)(C(=O)NCCN4CCC(c5ccc6c(c5)C(=O)N(C(C)CCC(=O)NC=O)C6)CC4)CC3)nc2)c2c(C#N)cnn2c1. The van der Waals surface area contributed by atoms with Gasteiger partial charge in [-0.3, -0.25) is 29.3 Å². The number of ether oxygens (including phenoxy) is 1. The summed E-state index contributed by atoms with van der Waals surface area (Å²) >= 11 is 0. The molecule has 3 aromatic heterocycles. The molecule has 5 aromatic rings. The highest BCUT2D eigenvalue weighted by atomic mass is 19.1. The first-order chi connectivity index (χ1) is 32.4. The van der Waals surface area contributed by atoms with Gasteiger partial charge in [0.15, 0.2) is 0 Å². The van der Waals surface area contributed by atoms with E-state index in [0.717, 1.165) is 66.4 Å². The van der Waals surface area contributed by atoms with Gasteiger partial charge in [-0.25, -0.2) is 18.3 Å². The minimum atomic E-state index is -1.43. The number of carbonyl (C=O) groups is 5. The topological polar surface area (TPSA) is 194 Å². The fourth-order valence-corrected chi connectivity index (χ4v) is 9.43. The molecule has 0 spiro atoms. The highest BCUT2D eigenvalue weighted by Crippen LogP contribution is 2.35. The van der Waals surface area contributed by atoms with E-state index in [4.69, 9.17) is 9.72 Å². The Labute approximate surface area is 386 Å². The lowest BCUT2D eigenvalue weighted by atomic mass is 9.85. The van der Waals surface area contributed by atoms with Crippen molar-refractivity contribution in [3.8, 4) is 22.9 Å². The standard InChI is InChI=1S/C49H52F2N10O6/c1-3-67-38-24-39(45-36(25-52)27-56-61(45)29-38)34-7-10-43(54-26-34)59-19-14-49(15-20-59,57-46(64)41-23-37(50)8-9-42(41)51)48(66)53-16-21-58-17-12-32(13-18-58)33-5-6-35-28-60(47(65)40(35)22-33)31(2)4-11-44(63)55-30-62/h5-10,22-24,26-27,29-32H,3-4,11-21,28H2,1-2H3,(H,53,66)(H,57,64)(H,55,62,63). The zero-order valence-electron chi connectivity index (χ0n) is 37.4. The van der Waals surface area contributed by atoms with Gasteiger partial charge in [-0.05, 0) is 119 Å². The Morgan fingerprint density at radius 2 is 1.81 bits per heavy atom. The maximum Gasteiger partial charge on any atom is 0.255 e. The van der Waals surface area contributed by atoms with Crippen LogP contribution in [0.2, 0.25) is 0 Å². The lowest BCUT2D eigenvalue weighted by molar-refractivity contribution is -0.128. The number of nitrogens with one attached hydrogen (secondary N) is 3. The van der Waals surface area contributed by atoms with E-state index in [1.165, 1.54) is 6.20 Å². The van der Waals surface area contributed by atoms with Gasteiger partial charge in [0.25, 0.3) is 11.8 Å². The number of rotatable bonds is 16. The quantitative estimate of drug-likeness (QED) is 0.112. The molecule has 8 rings (SSSR count). The molecule has 0 radical (unpaired) electrons. The molecule has 0 saturated carbocycles. The molecule has 0 bridgehead atoms. The maximum absolute atomic E-state index is 14.8. The third-order valence-corrected chi connectivity index (χ3v) is 13.3. The first-order valence-corrected chi connectivity index (χ1v) is 22.6. The number of carbonyl (C=O) groups excluding carboxylic acids is 5. The number of hydrogen-bond donors (Lipinski definition) is 3. The summed E-state index contributed by atoms with van der Waals surface area (Å²) in [7, 11) is 0. The van der Waals surface area contributed by atoms with Crippen LogP contribution in [0.5, 0.6) is 5.75 Å². The van der Waals surface area contributed by atoms with Crippen molar-refractivity contribution in [2.75, 3.05) is 50.8 Å². The number of nitriles is 1. The number of halogens is 2. The van der Waals surface area contributed by atoms with Crippen molar-refractivity contribution in [1.29, 1.82) is 5.26 Å². The normalized spacial score (nSPS) is 16.6. The molecule has 6 heterocycles. The Morgan fingerprint density at radius 3 is 2.52 bits per heavy atom. The Kier molecular flexibility index (Phi) is 13.9. The van der Waals surface area contributed by atoms with E-state index in [9.17, 15) is 38.0 Å². The van der Waals surface area contributed by atoms with E-state index in [1.54, 1.807) is 21.8 Å². The number of nitrogens with zero attached hydrogens (tertiary/aromatic N) is 7. The third-order valence-electron chi connectivity index (χ3n) is 13.3. The van der Waals surface area contributed by atoms with Crippen molar-refractivity contribution < 1.29 is 37.5 Å². The Balaban J connectivity index is 0.888. The summed E-state index contributed by atoms with van der Waals surface area (Å²) < 4.78 is 36.4. The molecule has 3 aliphatic rings. The predicted molar refractivity (Wildman–Crippen MR) is 243 cm³/mol. The largest absolute Gasteiger partial charge is 0.492 e. The van der Waals surface area contributed by atoms with Crippen molar-refractivity contribution in [2.45, 2.75) is 76.4 Å². The van der Waals surface area contributed by atoms with Crippen LogP contribution in [0.25, 0.3) is 16.6 Å². The predicted octanol–water partition coefficient (Wildman–Crippen LogP) is 5.11. The van der Waals surface area contributed by atoms with Gasteiger partial charge in [0, 0.05) is 68.1 Å². The van der Waals surface area contributed by atoms with Crippen LogP contribution in [0.15, 0.2) is 73.2 Å². The number of likely N-dealkylation sites (tertiary alicyclic amines) is 1. The van der Waals surface area contributed by atoms with Gasteiger partial charge < -0.3 is 30.1 Å². The zero-order valence-corrected chi connectivity index (χ0v) is 37.4. The lowest BCUT2D eigenvalue weighted by Crippen LogP contribution is -2.64. The number of amides is 5. The van der Waals surface area contributed by atoms with Crippen molar-refractivity contribution in [3.63, 3.8) is 0 Å². The highest BCUT2D eigenvalue weighted by molar-refractivity contribution is 6.00. The van der Waals surface area contributed by atoms with E-state index in [1.807, 2.05) is 49.1 Å². The van der Waals surface area contributed by atoms with E-state index in [0.29, 0.717) is 80.4 Å². The summed E-state index contributed by atoms with van der Waals surface area (Å²) in [5.74, 6) is -1.96. The van der Waals surface area contributed by atoms with Gasteiger partial charge in [-0.1, -0.05) is 12.1 Å². The number of anilines is 1. The molecule has 2 fully saturated rings. The summed E-state index contributed by atoms with van der Waals surface area (Å²) in [4.78, 5) is 74.3. The second kappa shape index (κ2) is 20.1. The number of fused-ring (bicyclic) bond motifs is 2. The average molecular weight is 915 g/mol. The van der Waals surface area contributed by atoms with Crippen LogP contribution < -0.4 is 25.6 Å². The summed E-state index contributed by atoms with van der Waals surface area (Å²) in [5.41, 5.74) is 3.30. The van der Waals surface area contributed by atoms with Gasteiger partial charge in [0.05, 0.1) is 35.6 Å². The summed E-state index contributed by atoms with van der Waals surface area (Å²) in [5, 5.41) is 22.1. The average Bonchev–Trinajstić information content (AvgIpc) is 3.91. The summed E-state index contributed by atoms with van der Waals surface area (Å²) in [6.45, 7) is 7.72. The van der Waals surface area contributed by atoms with E-state index >= 15 is 0 Å². The molecule has 2 aromatic carbocycles. The Hall–Kier alpha value is -7.26. The molecule has 16 nitrogen and oxygen atoms in total. The second-order valence-corrected chi connectivity index (χ2v) is 17.3. The summed E-state index contributed by atoms with van der Waals surface area (Å²) in [6.07, 6.45) is 7.90. The molecule has 2 saturated heterocycles. The fourth-order valence-electron chi connectivity index (χ4n) is 9.43. The molecule has 18 heteroatoms. The third kappa shape index (κ3) is 9.97. The van der Waals surface area contributed by atoms with Crippen LogP contribution in [0, 0.1) is 23.0 Å². The van der Waals surface area contributed by atoms with Gasteiger partial charge in [-0.15, -0.1) is 0 Å². The van der Waals surface area contributed by atoms with E-state index in [2.05, 4.69) is 38.1 Å². The van der Waals surface area contributed by atoms with Crippen LogP contribution in [-0.4, -0.2) is 112 Å². The van der Waals surface area contributed by atoms with Crippen LogP contribution in [0.4, 0.5) is 14.6 Å². The van der Waals surface area contributed by atoms with Gasteiger partial charge in [0.1, 0.15) is 34.8 Å². The van der Waals surface area contributed by atoms with Crippen molar-refractivity contribution >= 4 is 41.4 Å². The molecule has 3 aliphatic heterocycles. The molecule has 0 aliphatic carbocycles. The highest BCUT2D eigenvalue weighted by Gasteiger charge is 2.43. The molecule has 67 heavy (non-hydrogen) atoms. The first-order valence-electron chi connectivity index (χ1n) is 22.6. The smallest absolute Gasteiger partial charge is 0.255 e. The van der Waals surface area contributed by atoms with E-state index < -0.39 is 34.6 Å². The van der Waals surface area contributed by atoms with Crippen LogP contribution in [0.3, 0.4) is 0 Å². The molecular weight excluding hydrogens is 863 g/mol. The maximum atomic E-state index is 14.8. The minimum Gasteiger partial charge on any atom is -0.492 e. The van der Waals surface area contributed by atoms with Gasteiger partial charge in [-0.2, -0.15) is 10.4 Å². The van der Waals surface area contributed by atoms with Crippen molar-refractivity contribution in [1.82, 2.24) is 40.3 Å². The Morgan fingerprint density at radius 1 is 1.01 bits per heavy atom. The monoisotopic (exact) mass is 914 g/mol. The van der Waals surface area contributed by atoms with Crippen molar-refractivity contribution in [3.05, 3.63) is 113 Å². The second-order valence-electron chi connectivity index (χ2n) is 17.3. The number of pyridine rings is 2. The van der Waals surface area contributed by atoms with Crippen LogP contribution in [0.1, 0.15) is 95.7 Å². The molecular formula is C49H52F2N10O6. The summed E-state index contributed by atoms with van der Waals surface area (Å²) in [6, 6.07) is 16.3. The van der Waals surface area contributed by atoms with Crippen molar-refractivity contribution in [2.24, 2.45) is 0 Å². The number of aromatic nitrogens is 3.